The maximum Gasteiger partial charge on any atom is 0.224 e. The van der Waals surface area contributed by atoms with E-state index in [2.05, 4.69) is 54.6 Å². The van der Waals surface area contributed by atoms with Crippen LogP contribution in [0.4, 0.5) is 4.39 Å². The highest BCUT2D eigenvalue weighted by molar-refractivity contribution is 7.88. The normalized spacial score (nSPS) is 15.9. The maximum atomic E-state index is 14.7. The Morgan fingerprint density at radius 2 is 1.90 bits per heavy atom. The van der Waals surface area contributed by atoms with E-state index in [0.717, 1.165) is 71.9 Å². The Morgan fingerprint density at radius 3 is 2.71 bits per heavy atom. The van der Waals surface area contributed by atoms with E-state index in [0.29, 0.717) is 51.7 Å². The van der Waals surface area contributed by atoms with Gasteiger partial charge in [-0.1, -0.05) is 17.7 Å². The molecule has 0 atom stereocenters. The Kier molecular flexibility index (Phi) is 8.97. The zero-order valence-corrected chi connectivity index (χ0v) is 28.0. The van der Waals surface area contributed by atoms with Gasteiger partial charge in [0.15, 0.2) is 11.5 Å². The van der Waals surface area contributed by atoms with Crippen LogP contribution < -0.4 is 15.4 Å². The van der Waals surface area contributed by atoms with E-state index < -0.39 is 15.8 Å². The van der Waals surface area contributed by atoms with Crippen molar-refractivity contribution in [3.05, 3.63) is 95.1 Å². The highest BCUT2D eigenvalue weighted by Gasteiger charge is 2.20. The molecule has 1 aliphatic carbocycles. The molecule has 11 nitrogen and oxygen atoms in total. The monoisotopic (exact) mass is 680 g/mol. The molecule has 5 N–H and O–H groups in total. The van der Waals surface area contributed by atoms with Crippen LogP contribution in [0.1, 0.15) is 43.7 Å². The van der Waals surface area contributed by atoms with Crippen molar-refractivity contribution in [3.63, 3.8) is 0 Å². The van der Waals surface area contributed by atoms with Gasteiger partial charge in [0.2, 0.25) is 15.9 Å². The number of hydrogen-bond acceptors (Lipinski definition) is 7. The number of aromatic amines is 2. The Labute approximate surface area is 283 Å². The molecule has 1 fully saturated rings. The molecular weight excluding hydrogens is 644 g/mol. The first-order valence-corrected chi connectivity index (χ1v) is 18.1. The van der Waals surface area contributed by atoms with Crippen molar-refractivity contribution in [3.8, 4) is 22.6 Å². The third-order valence-corrected chi connectivity index (χ3v) is 9.56. The lowest BCUT2D eigenvalue weighted by atomic mass is 9.94. The number of aromatic nitrogens is 5. The van der Waals surface area contributed by atoms with Gasteiger partial charge in [-0.25, -0.2) is 27.5 Å². The summed E-state index contributed by atoms with van der Waals surface area (Å²) in [5, 5.41) is 15.0. The molecule has 0 spiro atoms. The van der Waals surface area contributed by atoms with Gasteiger partial charge in [0.25, 0.3) is 0 Å². The number of imidazole rings is 1. The van der Waals surface area contributed by atoms with Crippen molar-refractivity contribution < 1.29 is 17.6 Å². The lowest BCUT2D eigenvalue weighted by molar-refractivity contribution is -0.121. The van der Waals surface area contributed by atoms with Crippen molar-refractivity contribution in [2.45, 2.75) is 39.2 Å². The van der Waals surface area contributed by atoms with E-state index in [9.17, 15) is 17.6 Å². The standard InChI is InChI=1S/C36H37FN8O3S/c1-21-3-4-24(18-28(13-21)41-32(46)16-22-7-10-38-11-8-22)25-5-6-31-30(19-25)34(45-44-31)36-42-33-29(9-12-39-35(33)43-36)26-14-23(15-27(37)17-26)20-40-49(2,47)48/h4-6,9,12-15,17-19,22,38,40H,3,7-8,10-11,16,20H2,1-2H3,(H,41,46)(H,44,45)(H,39,42,43). The SMILES string of the molecule is CC1=CC(NC(=O)CC2CCNCC2)=CC(c2ccc3[nH]nc(-c4nc5nccc(-c6cc(F)cc(CNS(C)(=O)=O)c6)c5[nH]4)c3c2)=CC1. The fourth-order valence-electron chi connectivity index (χ4n) is 6.46. The largest absolute Gasteiger partial charge is 0.335 e. The number of carbonyl (C=O) groups is 1. The molecule has 0 saturated carbocycles. The van der Waals surface area contributed by atoms with Crippen molar-refractivity contribution in [2.75, 3.05) is 19.3 Å². The van der Waals surface area contributed by atoms with Gasteiger partial charge in [-0.3, -0.25) is 9.89 Å². The third kappa shape index (κ3) is 7.53. The molecular formula is C36H37FN8O3S. The average molecular weight is 681 g/mol. The molecule has 0 bridgehead atoms. The molecule has 1 saturated heterocycles. The van der Waals surface area contributed by atoms with Crippen LogP contribution in [0.3, 0.4) is 0 Å². The lowest BCUT2D eigenvalue weighted by Crippen LogP contribution is -2.31. The number of H-pyrrole nitrogens is 2. The molecule has 0 radical (unpaired) electrons. The summed E-state index contributed by atoms with van der Waals surface area (Å²) in [4.78, 5) is 25.5. The number of nitrogens with zero attached hydrogens (tertiary/aromatic N) is 3. The molecule has 1 aliphatic heterocycles. The van der Waals surface area contributed by atoms with Crippen molar-refractivity contribution in [2.24, 2.45) is 5.92 Å². The van der Waals surface area contributed by atoms with Gasteiger partial charge in [-0.15, -0.1) is 0 Å². The number of sulfonamides is 1. The molecule has 1 amide bonds. The van der Waals surface area contributed by atoms with E-state index in [1.807, 2.05) is 24.3 Å². The first-order chi connectivity index (χ1) is 23.6. The van der Waals surface area contributed by atoms with Crippen LogP contribution in [0.25, 0.3) is 50.3 Å². The lowest BCUT2D eigenvalue weighted by Gasteiger charge is -2.22. The summed E-state index contributed by atoms with van der Waals surface area (Å²) in [7, 11) is -3.45. The van der Waals surface area contributed by atoms with E-state index in [1.165, 1.54) is 12.1 Å². The second-order valence-electron chi connectivity index (χ2n) is 12.8. The molecule has 13 heteroatoms. The molecule has 4 heterocycles. The number of allylic oxidation sites excluding steroid dienone is 5. The van der Waals surface area contributed by atoms with Crippen LogP contribution in [0.2, 0.25) is 0 Å². The van der Waals surface area contributed by atoms with Crippen LogP contribution in [0.5, 0.6) is 0 Å². The zero-order valence-electron chi connectivity index (χ0n) is 27.2. The highest BCUT2D eigenvalue weighted by Crippen LogP contribution is 2.33. The molecule has 2 aliphatic rings. The zero-order chi connectivity index (χ0) is 34.1. The summed E-state index contributed by atoms with van der Waals surface area (Å²) in [5.41, 5.74) is 8.02. The molecule has 7 rings (SSSR count). The summed E-state index contributed by atoms with van der Waals surface area (Å²) in [6, 6.07) is 12.2. The molecule has 2 aromatic carbocycles. The Balaban J connectivity index is 1.19. The van der Waals surface area contributed by atoms with Gasteiger partial charge in [-0.05, 0) is 116 Å². The predicted octanol–water partition coefficient (Wildman–Crippen LogP) is 5.48. The molecule has 49 heavy (non-hydrogen) atoms. The minimum Gasteiger partial charge on any atom is -0.335 e. The Morgan fingerprint density at radius 1 is 1.06 bits per heavy atom. The smallest absolute Gasteiger partial charge is 0.224 e. The first kappa shape index (κ1) is 32.6. The van der Waals surface area contributed by atoms with E-state index in [-0.39, 0.29) is 12.5 Å². The number of rotatable bonds is 9. The number of piperidine rings is 1. The summed E-state index contributed by atoms with van der Waals surface area (Å²) < 4.78 is 40.3. The van der Waals surface area contributed by atoms with E-state index in [4.69, 9.17) is 4.98 Å². The van der Waals surface area contributed by atoms with Gasteiger partial charge in [0.05, 0.1) is 17.3 Å². The number of carbonyl (C=O) groups excluding carboxylic acids is 1. The first-order valence-electron chi connectivity index (χ1n) is 16.3. The number of halogens is 1. The summed E-state index contributed by atoms with van der Waals surface area (Å²) in [6.45, 7) is 3.93. The average Bonchev–Trinajstić information content (AvgIpc) is 3.64. The van der Waals surface area contributed by atoms with Crippen molar-refractivity contribution in [1.29, 1.82) is 0 Å². The molecule has 252 valence electrons. The van der Waals surface area contributed by atoms with Gasteiger partial charge < -0.3 is 15.6 Å². The molecule has 0 unspecified atom stereocenters. The number of amides is 1. The minimum absolute atomic E-state index is 0.0360. The van der Waals surface area contributed by atoms with Gasteiger partial charge in [0, 0.05) is 35.8 Å². The molecule has 5 aromatic rings. The maximum absolute atomic E-state index is 14.7. The number of nitrogens with one attached hydrogen (secondary N) is 5. The van der Waals surface area contributed by atoms with Crippen molar-refractivity contribution >= 4 is 43.6 Å². The summed E-state index contributed by atoms with van der Waals surface area (Å²) in [6.07, 6.45) is 12.2. The van der Waals surface area contributed by atoms with Crippen LogP contribution in [0, 0.1) is 11.7 Å². The van der Waals surface area contributed by atoms with Crippen molar-refractivity contribution in [1.82, 2.24) is 40.5 Å². The van der Waals surface area contributed by atoms with Crippen LogP contribution in [-0.4, -0.2) is 58.8 Å². The number of fused-ring (bicyclic) bond motifs is 2. The van der Waals surface area contributed by atoms with E-state index >= 15 is 0 Å². The fraction of sp³-hybridized carbons (Fsp3) is 0.278. The Bertz CT molecular complexity index is 2280. The van der Waals surface area contributed by atoms with Gasteiger partial charge >= 0.3 is 0 Å². The fourth-order valence-corrected chi connectivity index (χ4v) is 6.89. The third-order valence-electron chi connectivity index (χ3n) is 8.89. The number of pyridine rings is 1. The quantitative estimate of drug-likeness (QED) is 0.138. The molecule has 3 aromatic heterocycles. The second-order valence-corrected chi connectivity index (χ2v) is 14.6. The summed E-state index contributed by atoms with van der Waals surface area (Å²) >= 11 is 0. The number of benzene rings is 2. The second kappa shape index (κ2) is 13.5. The predicted molar refractivity (Wildman–Crippen MR) is 189 cm³/mol. The van der Waals surface area contributed by atoms with Crippen LogP contribution in [-0.2, 0) is 21.4 Å². The summed E-state index contributed by atoms with van der Waals surface area (Å²) in [5.74, 6) is 0.432. The Hall–Kier alpha value is -4.98. The van der Waals surface area contributed by atoms with Gasteiger partial charge in [0.1, 0.15) is 11.5 Å². The number of hydrogen-bond donors (Lipinski definition) is 5. The van der Waals surface area contributed by atoms with Crippen LogP contribution >= 0.6 is 0 Å². The van der Waals surface area contributed by atoms with E-state index in [1.54, 1.807) is 18.3 Å². The van der Waals surface area contributed by atoms with Crippen LogP contribution in [0.15, 0.2) is 78.2 Å². The highest BCUT2D eigenvalue weighted by atomic mass is 32.2. The topological polar surface area (TPSA) is 158 Å². The van der Waals surface area contributed by atoms with Gasteiger partial charge in [-0.2, -0.15) is 5.10 Å². The minimum atomic E-state index is -3.45.